The first-order valence-electron chi connectivity index (χ1n) is 14.9. The zero-order chi connectivity index (χ0) is 29.7. The second kappa shape index (κ2) is 16.0. The van der Waals surface area contributed by atoms with Crippen molar-refractivity contribution in [3.8, 4) is 22.9 Å². The number of benzene rings is 3. The first-order chi connectivity index (χ1) is 20.6. The van der Waals surface area contributed by atoms with Crippen molar-refractivity contribution in [2.45, 2.75) is 59.8 Å². The molecule has 1 aromatic heterocycles. The van der Waals surface area contributed by atoms with Gasteiger partial charge in [-0.3, -0.25) is 4.90 Å². The second-order valence-electron chi connectivity index (χ2n) is 10.2. The van der Waals surface area contributed by atoms with Gasteiger partial charge in [-0.2, -0.15) is 12.6 Å². The van der Waals surface area contributed by atoms with E-state index in [0.29, 0.717) is 19.8 Å². The van der Waals surface area contributed by atoms with Crippen molar-refractivity contribution in [1.29, 1.82) is 0 Å². The fourth-order valence-electron chi connectivity index (χ4n) is 5.13. The van der Waals surface area contributed by atoms with Crippen LogP contribution in [-0.4, -0.2) is 27.7 Å². The molecule has 0 fully saturated rings. The van der Waals surface area contributed by atoms with E-state index in [2.05, 4.69) is 96.3 Å². The molecule has 0 atom stereocenters. The molecule has 0 N–H and O–H groups in total. The van der Waals surface area contributed by atoms with Crippen LogP contribution in [-0.2, 0) is 26.2 Å². The number of hydrogen-bond acceptors (Lipinski definition) is 5. The summed E-state index contributed by atoms with van der Waals surface area (Å²) >= 11 is 4.35. The molecule has 3 aromatic carbocycles. The molecule has 0 radical (unpaired) electrons. The van der Waals surface area contributed by atoms with Crippen molar-refractivity contribution in [2.75, 3.05) is 13.2 Å². The van der Waals surface area contributed by atoms with Gasteiger partial charge in [-0.1, -0.05) is 74.5 Å². The van der Waals surface area contributed by atoms with Gasteiger partial charge in [0.25, 0.3) is 0 Å². The first kappa shape index (κ1) is 31.2. The largest absolute Gasteiger partial charge is 0.494 e. The van der Waals surface area contributed by atoms with Crippen LogP contribution in [0.25, 0.3) is 17.0 Å². The molecular formula is C36H43N3O2S. The van der Waals surface area contributed by atoms with E-state index in [4.69, 9.17) is 14.5 Å². The lowest BCUT2D eigenvalue weighted by molar-refractivity contribution is 0.239. The lowest BCUT2D eigenvalue weighted by Gasteiger charge is -2.25. The predicted molar refractivity (Wildman–Crippen MR) is 178 cm³/mol. The van der Waals surface area contributed by atoms with E-state index in [1.54, 1.807) is 5.41 Å². The highest BCUT2D eigenvalue weighted by Gasteiger charge is 2.22. The molecule has 42 heavy (non-hydrogen) atoms. The summed E-state index contributed by atoms with van der Waals surface area (Å²) in [5.41, 5.74) is 6.40. The Bertz CT molecular complexity index is 1410. The van der Waals surface area contributed by atoms with Gasteiger partial charge in [-0.25, -0.2) is 4.98 Å². The number of thiol groups is 1. The van der Waals surface area contributed by atoms with Gasteiger partial charge in [0, 0.05) is 31.7 Å². The maximum atomic E-state index is 5.82. The van der Waals surface area contributed by atoms with Crippen molar-refractivity contribution in [1.82, 2.24) is 14.5 Å². The Hall–Kier alpha value is -3.74. The number of rotatable bonds is 16. The first-order valence-corrected chi connectivity index (χ1v) is 15.4. The van der Waals surface area contributed by atoms with Gasteiger partial charge in [-0.15, -0.1) is 0 Å². The van der Waals surface area contributed by atoms with Crippen LogP contribution in [0.4, 0.5) is 0 Å². The van der Waals surface area contributed by atoms with E-state index < -0.39 is 0 Å². The van der Waals surface area contributed by atoms with Crippen LogP contribution in [0.2, 0.25) is 0 Å². The molecule has 4 aromatic rings. The van der Waals surface area contributed by atoms with Gasteiger partial charge in [0.05, 0.1) is 24.6 Å². The van der Waals surface area contributed by atoms with Gasteiger partial charge >= 0.3 is 0 Å². The van der Waals surface area contributed by atoms with E-state index in [0.717, 1.165) is 72.3 Å². The summed E-state index contributed by atoms with van der Waals surface area (Å²) in [5, 5.41) is 1.73. The second-order valence-corrected chi connectivity index (χ2v) is 10.5. The Morgan fingerprint density at radius 2 is 1.48 bits per heavy atom. The predicted octanol–water partition coefficient (Wildman–Crippen LogP) is 8.81. The Kier molecular flexibility index (Phi) is 11.9. The lowest BCUT2D eigenvalue weighted by atomic mass is 10.1. The molecule has 4 rings (SSSR count). The molecule has 1 heterocycles. The molecule has 5 nitrogen and oxygen atoms in total. The zero-order valence-corrected chi connectivity index (χ0v) is 26.0. The standard InChI is InChI=1S/C36H43N3O2S/c1-5-8-21-39-34(35(28(4)20-22-42)37-36(39)31-16-10-9-11-17-31)27-38(25-29-14-12-18-32(23-29)40-6-2)26-30-15-13-19-33(24-30)41-7-3/h9-20,22-24,42H,4-8,21,25-27H2,1-3H3/b22-20-. The molecule has 0 saturated heterocycles. The average molecular weight is 582 g/mol. The maximum absolute atomic E-state index is 5.82. The average Bonchev–Trinajstić information content (AvgIpc) is 3.35. The van der Waals surface area contributed by atoms with Gasteiger partial charge in [0.15, 0.2) is 0 Å². The molecular weight excluding hydrogens is 538 g/mol. The lowest BCUT2D eigenvalue weighted by Crippen LogP contribution is -2.25. The van der Waals surface area contributed by atoms with Gasteiger partial charge in [-0.05, 0) is 72.7 Å². The minimum absolute atomic E-state index is 0.639. The minimum atomic E-state index is 0.639. The van der Waals surface area contributed by atoms with Crippen molar-refractivity contribution >= 4 is 18.2 Å². The van der Waals surface area contributed by atoms with Gasteiger partial charge in [0.2, 0.25) is 0 Å². The summed E-state index contributed by atoms with van der Waals surface area (Å²) in [6.07, 6.45) is 4.08. The van der Waals surface area contributed by atoms with Crippen molar-refractivity contribution in [2.24, 2.45) is 0 Å². The number of nitrogens with zero attached hydrogens (tertiary/aromatic N) is 3. The molecule has 0 spiro atoms. The van der Waals surface area contributed by atoms with E-state index in [1.165, 1.54) is 11.1 Å². The third-order valence-electron chi connectivity index (χ3n) is 7.02. The quantitative estimate of drug-likeness (QED) is 0.106. The fraction of sp³-hybridized carbons (Fsp3) is 0.306. The van der Waals surface area contributed by atoms with E-state index in [9.17, 15) is 0 Å². The number of ether oxygens (including phenoxy) is 2. The molecule has 220 valence electrons. The Morgan fingerprint density at radius 3 is 2.02 bits per heavy atom. The number of unbranched alkanes of at least 4 members (excludes halogenated alkanes) is 1. The van der Waals surface area contributed by atoms with Crippen molar-refractivity contribution in [3.05, 3.63) is 119 Å². The highest BCUT2D eigenvalue weighted by atomic mass is 32.1. The van der Waals surface area contributed by atoms with Gasteiger partial charge < -0.3 is 14.0 Å². The maximum Gasteiger partial charge on any atom is 0.140 e. The molecule has 6 heteroatoms. The van der Waals surface area contributed by atoms with E-state index in [1.807, 2.05) is 38.1 Å². The summed E-state index contributed by atoms with van der Waals surface area (Å²) in [6, 6.07) is 27.2. The SMILES string of the molecule is C=C(/C=C\S)c1nc(-c2ccccc2)n(CCCC)c1CN(Cc1cccc(OCC)c1)Cc1cccc(OCC)c1. The topological polar surface area (TPSA) is 39.5 Å². The zero-order valence-electron chi connectivity index (χ0n) is 25.1. The molecule has 0 unspecified atom stereocenters. The van der Waals surface area contributed by atoms with Crippen LogP contribution in [0, 0.1) is 0 Å². The monoisotopic (exact) mass is 581 g/mol. The highest BCUT2D eigenvalue weighted by molar-refractivity contribution is 7.83. The van der Waals surface area contributed by atoms with Crippen LogP contribution in [0.15, 0.2) is 96.9 Å². The normalized spacial score (nSPS) is 11.4. The third kappa shape index (κ3) is 8.40. The van der Waals surface area contributed by atoms with Crippen LogP contribution < -0.4 is 9.47 Å². The highest BCUT2D eigenvalue weighted by Crippen LogP contribution is 2.30. The summed E-state index contributed by atoms with van der Waals surface area (Å²) < 4.78 is 14.0. The van der Waals surface area contributed by atoms with Crippen LogP contribution in [0.1, 0.15) is 56.1 Å². The minimum Gasteiger partial charge on any atom is -0.494 e. The summed E-state index contributed by atoms with van der Waals surface area (Å²) in [5.74, 6) is 2.75. The summed E-state index contributed by atoms with van der Waals surface area (Å²) in [7, 11) is 0. The Labute approximate surface area is 256 Å². The molecule has 0 bridgehead atoms. The van der Waals surface area contributed by atoms with E-state index >= 15 is 0 Å². The number of imidazole rings is 1. The number of aromatic nitrogens is 2. The molecule has 0 aliphatic rings. The number of allylic oxidation sites excluding steroid dienone is 2. The summed E-state index contributed by atoms with van der Waals surface area (Å²) in [6.45, 7) is 15.0. The summed E-state index contributed by atoms with van der Waals surface area (Å²) in [4.78, 5) is 7.67. The van der Waals surface area contributed by atoms with Crippen LogP contribution in [0.3, 0.4) is 0 Å². The van der Waals surface area contributed by atoms with Gasteiger partial charge in [0.1, 0.15) is 17.3 Å². The van der Waals surface area contributed by atoms with Crippen molar-refractivity contribution < 1.29 is 9.47 Å². The smallest absolute Gasteiger partial charge is 0.140 e. The fourth-order valence-corrected chi connectivity index (χ4v) is 5.31. The Morgan fingerprint density at radius 1 is 0.857 bits per heavy atom. The molecule has 0 saturated carbocycles. The Balaban J connectivity index is 1.80. The van der Waals surface area contributed by atoms with Crippen molar-refractivity contribution in [3.63, 3.8) is 0 Å². The van der Waals surface area contributed by atoms with Crippen LogP contribution in [0.5, 0.6) is 11.5 Å². The molecule has 0 aliphatic heterocycles. The third-order valence-corrected chi connectivity index (χ3v) is 7.17. The molecule has 0 aliphatic carbocycles. The van der Waals surface area contributed by atoms with Crippen LogP contribution >= 0.6 is 12.6 Å². The molecule has 0 amide bonds. The number of hydrogen-bond donors (Lipinski definition) is 1. The van der Waals surface area contributed by atoms with E-state index in [-0.39, 0.29) is 0 Å².